The van der Waals surface area contributed by atoms with Gasteiger partial charge in [0.05, 0.1) is 11.9 Å². The number of anilines is 1. The second kappa shape index (κ2) is 8.79. The number of aromatic amines is 1. The van der Waals surface area contributed by atoms with Crippen LogP contribution >= 0.6 is 11.3 Å². The van der Waals surface area contributed by atoms with Crippen molar-refractivity contribution in [1.29, 1.82) is 0 Å². The van der Waals surface area contributed by atoms with Crippen molar-refractivity contribution in [2.45, 2.75) is 51.0 Å². The molecule has 26 heavy (non-hydrogen) atoms. The van der Waals surface area contributed by atoms with E-state index < -0.39 is 0 Å². The molecule has 2 heterocycles. The highest BCUT2D eigenvalue weighted by Crippen LogP contribution is 2.35. The zero-order valence-corrected chi connectivity index (χ0v) is 15.5. The van der Waals surface area contributed by atoms with Gasteiger partial charge >= 0.3 is 6.09 Å². The van der Waals surface area contributed by atoms with Crippen molar-refractivity contribution in [2.75, 3.05) is 11.9 Å². The molecule has 0 saturated heterocycles. The molecule has 2 aromatic heterocycles. The summed E-state index contributed by atoms with van der Waals surface area (Å²) in [7, 11) is 0. The molecule has 2 atom stereocenters. The Labute approximate surface area is 155 Å². The first kappa shape index (κ1) is 18.4. The number of hydrogen-bond donors (Lipinski definition) is 3. The van der Waals surface area contributed by atoms with Gasteiger partial charge in [0.25, 0.3) is 0 Å². The number of carbonyl (C=O) groups excluding carboxylic acids is 2. The van der Waals surface area contributed by atoms with E-state index in [-0.39, 0.29) is 24.0 Å². The molecule has 3 rings (SSSR count). The molecule has 2 amide bonds. The van der Waals surface area contributed by atoms with Crippen LogP contribution in [0.3, 0.4) is 0 Å². The largest absolute Gasteiger partial charge is 0.446 e. The lowest BCUT2D eigenvalue weighted by Crippen LogP contribution is -2.28. The molecule has 8 nitrogen and oxygen atoms in total. The minimum atomic E-state index is -0.349. The van der Waals surface area contributed by atoms with Crippen LogP contribution in [-0.2, 0) is 16.0 Å². The van der Waals surface area contributed by atoms with Gasteiger partial charge in [0.1, 0.15) is 6.10 Å². The van der Waals surface area contributed by atoms with Gasteiger partial charge in [0.15, 0.2) is 5.82 Å². The Morgan fingerprint density at radius 1 is 1.42 bits per heavy atom. The van der Waals surface area contributed by atoms with Gasteiger partial charge in [-0.25, -0.2) is 4.79 Å². The monoisotopic (exact) mass is 377 g/mol. The van der Waals surface area contributed by atoms with E-state index in [0.717, 1.165) is 36.3 Å². The standard InChI is InChI=1S/C17H23N5O3S/c1-2-5-19-17(24)25-12-4-3-11(6-12)14-8-15(22-21-14)20-16(23)7-13-9-18-10-26-13/h8-12H,2-7H2,1H3,(H,19,24)(H2,20,21,22,23). The number of amides is 2. The van der Waals surface area contributed by atoms with E-state index in [4.69, 9.17) is 4.74 Å². The summed E-state index contributed by atoms with van der Waals surface area (Å²) in [5.41, 5.74) is 2.66. The van der Waals surface area contributed by atoms with Crippen molar-refractivity contribution < 1.29 is 14.3 Å². The van der Waals surface area contributed by atoms with Gasteiger partial charge in [0.2, 0.25) is 5.91 Å². The van der Waals surface area contributed by atoms with Crippen LogP contribution in [0.15, 0.2) is 17.8 Å². The number of hydrogen-bond acceptors (Lipinski definition) is 6. The first-order chi connectivity index (χ1) is 12.6. The fraction of sp³-hybridized carbons (Fsp3) is 0.529. The zero-order chi connectivity index (χ0) is 18.4. The highest BCUT2D eigenvalue weighted by atomic mass is 32.1. The maximum atomic E-state index is 12.0. The van der Waals surface area contributed by atoms with Gasteiger partial charge in [-0.3, -0.25) is 14.9 Å². The van der Waals surface area contributed by atoms with Crippen LogP contribution in [0.4, 0.5) is 10.6 Å². The minimum absolute atomic E-state index is 0.0791. The summed E-state index contributed by atoms with van der Waals surface area (Å²) in [6.07, 6.45) is 4.94. The third-order valence-corrected chi connectivity index (χ3v) is 5.08. The van der Waals surface area contributed by atoms with E-state index in [0.29, 0.717) is 18.8 Å². The second-order valence-corrected chi connectivity index (χ2v) is 7.34. The summed E-state index contributed by atoms with van der Waals surface area (Å²) in [6.45, 7) is 2.62. The number of aromatic nitrogens is 3. The average molecular weight is 377 g/mol. The minimum Gasteiger partial charge on any atom is -0.446 e. The molecule has 2 aromatic rings. The third kappa shape index (κ3) is 5.04. The van der Waals surface area contributed by atoms with E-state index in [1.165, 1.54) is 11.3 Å². The smallest absolute Gasteiger partial charge is 0.407 e. The lowest BCUT2D eigenvalue weighted by molar-refractivity contribution is -0.115. The Balaban J connectivity index is 1.47. The van der Waals surface area contributed by atoms with E-state index in [1.807, 2.05) is 13.0 Å². The van der Waals surface area contributed by atoms with Crippen LogP contribution in [0.2, 0.25) is 0 Å². The van der Waals surface area contributed by atoms with Crippen molar-refractivity contribution in [1.82, 2.24) is 20.5 Å². The van der Waals surface area contributed by atoms with Crippen LogP contribution in [-0.4, -0.2) is 39.8 Å². The van der Waals surface area contributed by atoms with Crippen molar-refractivity contribution in [3.63, 3.8) is 0 Å². The Bertz CT molecular complexity index is 731. The SMILES string of the molecule is CCCNC(=O)OC1CCC(c2cc(NC(=O)Cc3cncs3)n[nH]2)C1. The molecule has 9 heteroatoms. The van der Waals surface area contributed by atoms with Gasteiger partial charge in [-0.15, -0.1) is 11.3 Å². The molecule has 0 spiro atoms. The molecule has 2 unspecified atom stereocenters. The number of H-pyrrole nitrogens is 1. The molecule has 140 valence electrons. The summed E-state index contributed by atoms with van der Waals surface area (Å²) in [5.74, 6) is 0.644. The number of carbonyl (C=O) groups is 2. The molecule has 0 bridgehead atoms. The molecule has 3 N–H and O–H groups in total. The molecule has 0 aliphatic heterocycles. The van der Waals surface area contributed by atoms with E-state index in [1.54, 1.807) is 11.7 Å². The normalized spacial score (nSPS) is 19.3. The fourth-order valence-electron chi connectivity index (χ4n) is 3.03. The molecule has 1 aliphatic carbocycles. The van der Waals surface area contributed by atoms with E-state index in [9.17, 15) is 9.59 Å². The highest BCUT2D eigenvalue weighted by molar-refractivity contribution is 7.09. The molecule has 1 fully saturated rings. The Hall–Kier alpha value is -2.42. The fourth-order valence-corrected chi connectivity index (χ4v) is 3.63. The predicted octanol–water partition coefficient (Wildman–Crippen LogP) is 2.82. The predicted molar refractivity (Wildman–Crippen MR) is 98.2 cm³/mol. The number of thiazole rings is 1. The first-order valence-electron chi connectivity index (χ1n) is 8.81. The van der Waals surface area contributed by atoms with Gasteiger partial charge in [-0.1, -0.05) is 6.92 Å². The molecule has 0 aromatic carbocycles. The number of nitrogens with zero attached hydrogens (tertiary/aromatic N) is 2. The number of nitrogens with one attached hydrogen (secondary N) is 3. The van der Waals surface area contributed by atoms with Crippen LogP contribution in [0.25, 0.3) is 0 Å². The summed E-state index contributed by atoms with van der Waals surface area (Å²) in [4.78, 5) is 28.5. The number of alkyl carbamates (subject to hydrolysis) is 1. The average Bonchev–Trinajstić information content (AvgIpc) is 3.35. The molecular weight excluding hydrogens is 354 g/mol. The number of rotatable bonds is 7. The van der Waals surface area contributed by atoms with Crippen LogP contribution in [0.5, 0.6) is 0 Å². The third-order valence-electron chi connectivity index (χ3n) is 4.30. The van der Waals surface area contributed by atoms with Gasteiger partial charge in [-0.05, 0) is 25.7 Å². The summed E-state index contributed by atoms with van der Waals surface area (Å²) >= 11 is 1.45. The van der Waals surface area contributed by atoms with Crippen LogP contribution in [0, 0.1) is 0 Å². The Morgan fingerprint density at radius 2 is 2.31 bits per heavy atom. The zero-order valence-electron chi connectivity index (χ0n) is 14.7. The van der Waals surface area contributed by atoms with Gasteiger partial charge in [-0.2, -0.15) is 5.10 Å². The lowest BCUT2D eigenvalue weighted by atomic mass is 10.0. The molecule has 1 saturated carbocycles. The van der Waals surface area contributed by atoms with Gasteiger partial charge in [0, 0.05) is 35.3 Å². The lowest BCUT2D eigenvalue weighted by Gasteiger charge is -2.12. The molecule has 1 aliphatic rings. The van der Waals surface area contributed by atoms with Crippen LogP contribution in [0.1, 0.15) is 49.1 Å². The number of ether oxygens (including phenoxy) is 1. The quantitative estimate of drug-likeness (QED) is 0.687. The maximum Gasteiger partial charge on any atom is 0.407 e. The van der Waals surface area contributed by atoms with Gasteiger partial charge < -0.3 is 15.4 Å². The topological polar surface area (TPSA) is 109 Å². The van der Waals surface area contributed by atoms with E-state index >= 15 is 0 Å². The van der Waals surface area contributed by atoms with Crippen molar-refractivity contribution in [2.24, 2.45) is 0 Å². The van der Waals surface area contributed by atoms with Crippen LogP contribution < -0.4 is 10.6 Å². The molecule has 0 radical (unpaired) electrons. The summed E-state index contributed by atoms with van der Waals surface area (Å²) in [6, 6.07) is 1.86. The maximum absolute atomic E-state index is 12.0. The highest BCUT2D eigenvalue weighted by Gasteiger charge is 2.29. The second-order valence-electron chi connectivity index (χ2n) is 6.37. The molecular formula is C17H23N5O3S. The first-order valence-corrected chi connectivity index (χ1v) is 9.69. The van der Waals surface area contributed by atoms with Crippen molar-refractivity contribution >= 4 is 29.2 Å². The Morgan fingerprint density at radius 3 is 3.08 bits per heavy atom. The summed E-state index contributed by atoms with van der Waals surface area (Å²) < 4.78 is 5.44. The Kier molecular flexibility index (Phi) is 6.21. The van der Waals surface area contributed by atoms with Crippen molar-refractivity contribution in [3.05, 3.63) is 28.3 Å². The van der Waals surface area contributed by atoms with E-state index in [2.05, 4.69) is 25.8 Å². The van der Waals surface area contributed by atoms with Crippen molar-refractivity contribution in [3.8, 4) is 0 Å². The summed E-state index contributed by atoms with van der Waals surface area (Å²) in [5, 5.41) is 12.7.